The van der Waals surface area contributed by atoms with Crippen molar-refractivity contribution < 1.29 is 15.0 Å². The summed E-state index contributed by atoms with van der Waals surface area (Å²) in [5.41, 5.74) is 0. The van der Waals surface area contributed by atoms with E-state index >= 15 is 0 Å². The Labute approximate surface area is 89.1 Å². The normalized spacial score (nSPS) is 17.2. The van der Waals surface area contributed by atoms with Crippen LogP contribution in [0.4, 0.5) is 0 Å². The van der Waals surface area contributed by atoms with Gasteiger partial charge in [0.05, 0.1) is 18.8 Å². The van der Waals surface area contributed by atoms with E-state index in [0.717, 1.165) is 5.75 Å². The molecule has 4 nitrogen and oxygen atoms in total. The Kier molecular flexibility index (Phi) is 6.96. The zero-order valence-corrected chi connectivity index (χ0v) is 9.67. The number of aliphatic hydroxyl groups excluding tert-OH is 2. The van der Waals surface area contributed by atoms with E-state index in [1.807, 2.05) is 13.2 Å². The second-order valence-corrected chi connectivity index (χ2v) is 4.31. The molecule has 14 heavy (non-hydrogen) atoms. The van der Waals surface area contributed by atoms with Gasteiger partial charge in [-0.25, -0.2) is 0 Å². The minimum atomic E-state index is -0.731. The molecule has 84 valence electrons. The third-order valence-electron chi connectivity index (χ3n) is 1.97. The molecule has 5 heteroatoms. The molecule has 1 unspecified atom stereocenters. The Morgan fingerprint density at radius 3 is 2.43 bits per heavy atom. The first-order chi connectivity index (χ1) is 6.52. The number of aliphatic hydroxyl groups is 2. The van der Waals surface area contributed by atoms with Crippen molar-refractivity contribution in [3.05, 3.63) is 0 Å². The second kappa shape index (κ2) is 7.09. The van der Waals surface area contributed by atoms with Gasteiger partial charge >= 0.3 is 0 Å². The summed E-state index contributed by atoms with van der Waals surface area (Å²) < 4.78 is 0. The zero-order chi connectivity index (χ0) is 11.1. The highest BCUT2D eigenvalue weighted by molar-refractivity contribution is 7.98. The van der Waals surface area contributed by atoms with E-state index < -0.39 is 12.1 Å². The number of thioether (sulfide) groups is 1. The van der Waals surface area contributed by atoms with Crippen LogP contribution in [0, 0.1) is 5.92 Å². The van der Waals surface area contributed by atoms with E-state index in [2.05, 4.69) is 5.32 Å². The van der Waals surface area contributed by atoms with E-state index in [1.165, 1.54) is 0 Å². The fraction of sp³-hybridized carbons (Fsp3) is 0.889. The Hall–Kier alpha value is -0.260. The van der Waals surface area contributed by atoms with Gasteiger partial charge in [0.1, 0.15) is 0 Å². The molecule has 3 atom stereocenters. The van der Waals surface area contributed by atoms with E-state index in [1.54, 1.807) is 18.7 Å². The maximum atomic E-state index is 11.5. The lowest BCUT2D eigenvalue weighted by molar-refractivity contribution is -0.125. The molecule has 0 heterocycles. The molecule has 0 saturated carbocycles. The molecule has 0 saturated heterocycles. The maximum absolute atomic E-state index is 11.5. The summed E-state index contributed by atoms with van der Waals surface area (Å²) in [7, 11) is 0. The van der Waals surface area contributed by atoms with Crippen molar-refractivity contribution in [2.24, 2.45) is 5.92 Å². The van der Waals surface area contributed by atoms with E-state index in [0.29, 0.717) is 0 Å². The van der Waals surface area contributed by atoms with Gasteiger partial charge in [-0.1, -0.05) is 6.92 Å². The quantitative estimate of drug-likeness (QED) is 0.583. The summed E-state index contributed by atoms with van der Waals surface area (Å²) in [4.78, 5) is 11.5. The molecule has 0 rings (SSSR count). The number of amides is 1. The van der Waals surface area contributed by atoms with Crippen LogP contribution in [-0.4, -0.2) is 46.9 Å². The third kappa shape index (κ3) is 4.83. The van der Waals surface area contributed by atoms with Gasteiger partial charge in [0.25, 0.3) is 0 Å². The molecule has 0 spiro atoms. The van der Waals surface area contributed by atoms with Crippen LogP contribution in [0.2, 0.25) is 0 Å². The van der Waals surface area contributed by atoms with Gasteiger partial charge in [-0.3, -0.25) is 4.79 Å². The van der Waals surface area contributed by atoms with Gasteiger partial charge in [-0.15, -0.1) is 0 Å². The van der Waals surface area contributed by atoms with Crippen LogP contribution in [0.25, 0.3) is 0 Å². The molecule has 0 aromatic rings. The number of rotatable bonds is 6. The Bertz CT molecular complexity index is 175. The first kappa shape index (κ1) is 13.7. The van der Waals surface area contributed by atoms with Crippen molar-refractivity contribution in [1.29, 1.82) is 0 Å². The fourth-order valence-corrected chi connectivity index (χ4v) is 1.62. The van der Waals surface area contributed by atoms with Gasteiger partial charge in [-0.2, -0.15) is 11.8 Å². The first-order valence-corrected chi connectivity index (χ1v) is 6.00. The van der Waals surface area contributed by atoms with Crippen molar-refractivity contribution in [3.63, 3.8) is 0 Å². The summed E-state index contributed by atoms with van der Waals surface area (Å²) in [5, 5.41) is 20.7. The van der Waals surface area contributed by atoms with Crippen LogP contribution in [0.5, 0.6) is 0 Å². The molecule has 0 aliphatic rings. The Balaban J connectivity index is 4.01. The van der Waals surface area contributed by atoms with Crippen molar-refractivity contribution in [2.75, 3.05) is 18.6 Å². The van der Waals surface area contributed by atoms with E-state index in [9.17, 15) is 9.90 Å². The summed E-state index contributed by atoms with van der Waals surface area (Å²) in [6, 6.07) is -0.563. The Morgan fingerprint density at radius 1 is 1.50 bits per heavy atom. The number of carbonyl (C=O) groups is 1. The summed E-state index contributed by atoms with van der Waals surface area (Å²) in [5.74, 6) is 0.515. The number of carbonyl (C=O) groups excluding carboxylic acids is 1. The molecule has 0 aliphatic heterocycles. The molecule has 0 aromatic carbocycles. The predicted octanol–water partition coefficient (Wildman–Crippen LogP) is -0.157. The highest BCUT2D eigenvalue weighted by Crippen LogP contribution is 2.05. The topological polar surface area (TPSA) is 69.6 Å². The van der Waals surface area contributed by atoms with Crippen LogP contribution in [0.1, 0.15) is 13.8 Å². The largest absolute Gasteiger partial charge is 0.394 e. The molecule has 0 aliphatic carbocycles. The maximum Gasteiger partial charge on any atom is 0.224 e. The van der Waals surface area contributed by atoms with Gasteiger partial charge in [0.15, 0.2) is 0 Å². The highest BCUT2D eigenvalue weighted by Gasteiger charge is 2.19. The number of hydrogen-bond donors (Lipinski definition) is 3. The number of nitrogens with one attached hydrogen (secondary N) is 1. The third-order valence-corrected chi connectivity index (χ3v) is 2.80. The van der Waals surface area contributed by atoms with Crippen LogP contribution in [0.15, 0.2) is 0 Å². The van der Waals surface area contributed by atoms with Crippen molar-refractivity contribution in [1.82, 2.24) is 5.32 Å². The average Bonchev–Trinajstić information content (AvgIpc) is 2.13. The van der Waals surface area contributed by atoms with Crippen LogP contribution in [-0.2, 0) is 4.79 Å². The van der Waals surface area contributed by atoms with Crippen LogP contribution >= 0.6 is 11.8 Å². The van der Waals surface area contributed by atoms with Crippen LogP contribution < -0.4 is 5.32 Å². The minimum absolute atomic E-state index is 0.0993. The zero-order valence-electron chi connectivity index (χ0n) is 8.86. The molecule has 0 radical (unpaired) electrons. The second-order valence-electron chi connectivity index (χ2n) is 3.39. The van der Waals surface area contributed by atoms with Gasteiger partial charge in [0, 0.05) is 11.7 Å². The molecule has 0 bridgehead atoms. The molecule has 3 N–H and O–H groups in total. The molecular formula is C9H19NO3S. The highest BCUT2D eigenvalue weighted by atomic mass is 32.2. The average molecular weight is 221 g/mol. The standard InChI is InChI=1S/C9H19NO3S/c1-6(5-14-3)9(13)10-8(4-11)7(2)12/h6-8,11-12H,4-5H2,1-3H3,(H,10,13)/t6?,7-,8-/m1/s1. The smallest absolute Gasteiger partial charge is 0.224 e. The van der Waals surface area contributed by atoms with Crippen molar-refractivity contribution in [2.45, 2.75) is 26.0 Å². The molecular weight excluding hydrogens is 202 g/mol. The molecule has 0 fully saturated rings. The Morgan fingerprint density at radius 2 is 2.07 bits per heavy atom. The first-order valence-electron chi connectivity index (χ1n) is 4.61. The summed E-state index contributed by atoms with van der Waals surface area (Å²) in [6.45, 7) is 3.12. The van der Waals surface area contributed by atoms with E-state index in [-0.39, 0.29) is 18.4 Å². The molecule has 0 aromatic heterocycles. The minimum Gasteiger partial charge on any atom is -0.394 e. The van der Waals surface area contributed by atoms with Crippen molar-refractivity contribution in [3.8, 4) is 0 Å². The summed E-state index contributed by atoms with van der Waals surface area (Å²) in [6.07, 6.45) is 1.20. The van der Waals surface area contributed by atoms with Gasteiger partial charge < -0.3 is 15.5 Å². The summed E-state index contributed by atoms with van der Waals surface area (Å²) >= 11 is 1.60. The van der Waals surface area contributed by atoms with Gasteiger partial charge in [0.2, 0.25) is 5.91 Å². The number of hydrogen-bond acceptors (Lipinski definition) is 4. The van der Waals surface area contributed by atoms with E-state index in [4.69, 9.17) is 5.11 Å². The molecule has 1 amide bonds. The van der Waals surface area contributed by atoms with Crippen LogP contribution in [0.3, 0.4) is 0 Å². The lowest BCUT2D eigenvalue weighted by atomic mass is 10.1. The lowest BCUT2D eigenvalue weighted by Crippen LogP contribution is -2.46. The predicted molar refractivity (Wildman–Crippen MR) is 58.2 cm³/mol. The fourth-order valence-electron chi connectivity index (χ4n) is 0.969. The monoisotopic (exact) mass is 221 g/mol. The SMILES string of the molecule is CSCC(C)C(=O)N[C@H](CO)[C@@H](C)O. The van der Waals surface area contributed by atoms with Gasteiger partial charge in [-0.05, 0) is 13.2 Å². The van der Waals surface area contributed by atoms with Crippen molar-refractivity contribution >= 4 is 17.7 Å². The lowest BCUT2D eigenvalue weighted by Gasteiger charge is -2.21.